The van der Waals surface area contributed by atoms with E-state index in [1.807, 2.05) is 61.2 Å². The van der Waals surface area contributed by atoms with Crippen LogP contribution in [0.25, 0.3) is 5.82 Å². The zero-order valence-electron chi connectivity index (χ0n) is 17.7. The minimum Gasteiger partial charge on any atom is -0.352 e. The zero-order chi connectivity index (χ0) is 21.1. The fraction of sp³-hybridized carbons (Fsp3) is 0.364. The van der Waals surface area contributed by atoms with Crippen LogP contribution < -0.4 is 10.2 Å². The summed E-state index contributed by atoms with van der Waals surface area (Å²) in [6.07, 6.45) is 0.987. The van der Waals surface area contributed by atoms with Crippen LogP contribution in [0.2, 0.25) is 0 Å². The lowest BCUT2D eigenvalue weighted by atomic mass is 10.1. The van der Waals surface area contributed by atoms with E-state index >= 15 is 0 Å². The van der Waals surface area contributed by atoms with Gasteiger partial charge in [-0.25, -0.2) is 9.48 Å². The average molecular weight is 406 g/mol. The number of aryl methyl sites for hydroxylation is 3. The Bertz CT molecular complexity index is 1000. The van der Waals surface area contributed by atoms with Gasteiger partial charge in [-0.1, -0.05) is 19.1 Å². The van der Waals surface area contributed by atoms with Crippen molar-refractivity contribution < 1.29 is 4.79 Å². The fourth-order valence-corrected chi connectivity index (χ4v) is 3.63. The summed E-state index contributed by atoms with van der Waals surface area (Å²) in [7, 11) is 0. The normalized spacial score (nSPS) is 14.1. The first kappa shape index (κ1) is 19.9. The number of rotatable bonds is 4. The second-order valence-corrected chi connectivity index (χ2v) is 7.54. The summed E-state index contributed by atoms with van der Waals surface area (Å²) in [6.45, 7) is 8.79. The molecule has 1 aromatic carbocycles. The number of carbonyl (C=O) groups excluding carboxylic acids is 1. The van der Waals surface area contributed by atoms with Gasteiger partial charge in [-0.15, -0.1) is 10.2 Å². The molecule has 0 bridgehead atoms. The van der Waals surface area contributed by atoms with E-state index in [1.54, 1.807) is 4.68 Å². The largest absolute Gasteiger partial charge is 0.352 e. The minimum atomic E-state index is -0.0649. The molecule has 8 nitrogen and oxygen atoms in total. The molecule has 1 saturated heterocycles. The maximum Gasteiger partial charge on any atom is 0.321 e. The Hall–Kier alpha value is -3.42. The van der Waals surface area contributed by atoms with Crippen LogP contribution in [0.4, 0.5) is 16.3 Å². The molecular formula is C22H27N7O. The van der Waals surface area contributed by atoms with E-state index in [0.29, 0.717) is 18.9 Å². The Morgan fingerprint density at radius 2 is 1.63 bits per heavy atom. The molecular weight excluding hydrogens is 378 g/mol. The molecule has 0 aliphatic carbocycles. The average Bonchev–Trinajstić information content (AvgIpc) is 3.12. The van der Waals surface area contributed by atoms with E-state index in [0.717, 1.165) is 42.4 Å². The number of amides is 2. The molecule has 3 heterocycles. The first-order valence-corrected chi connectivity index (χ1v) is 10.3. The number of hydrogen-bond acceptors (Lipinski definition) is 5. The third-order valence-electron chi connectivity index (χ3n) is 5.37. The summed E-state index contributed by atoms with van der Waals surface area (Å²) in [6, 6.07) is 13.8. The number of nitrogens with zero attached hydrogens (tertiary/aromatic N) is 6. The maximum atomic E-state index is 12.6. The highest BCUT2D eigenvalue weighted by atomic mass is 16.2. The molecule has 30 heavy (non-hydrogen) atoms. The van der Waals surface area contributed by atoms with Gasteiger partial charge in [-0.3, -0.25) is 0 Å². The van der Waals surface area contributed by atoms with E-state index in [9.17, 15) is 4.79 Å². The number of nitrogens with one attached hydrogen (secondary N) is 1. The summed E-state index contributed by atoms with van der Waals surface area (Å²) in [5.74, 6) is 1.52. The molecule has 0 saturated carbocycles. The molecule has 0 spiro atoms. The van der Waals surface area contributed by atoms with Crippen molar-refractivity contribution in [1.29, 1.82) is 0 Å². The Labute approximate surface area is 176 Å². The summed E-state index contributed by atoms with van der Waals surface area (Å²) in [4.78, 5) is 16.5. The van der Waals surface area contributed by atoms with Crippen LogP contribution in [0.5, 0.6) is 0 Å². The monoisotopic (exact) mass is 405 g/mol. The molecule has 0 radical (unpaired) electrons. The smallest absolute Gasteiger partial charge is 0.321 e. The number of piperazine rings is 1. The number of hydrogen-bond donors (Lipinski definition) is 1. The SMILES string of the molecule is CCc1ccc(NC(=O)N2CCN(c3ccc(-n4nc(C)cc4C)nn3)CC2)cc1. The lowest BCUT2D eigenvalue weighted by Crippen LogP contribution is -2.50. The van der Waals surface area contributed by atoms with Gasteiger partial charge >= 0.3 is 6.03 Å². The van der Waals surface area contributed by atoms with Crippen LogP contribution in [0.15, 0.2) is 42.5 Å². The molecule has 3 aromatic rings. The predicted molar refractivity (Wildman–Crippen MR) is 117 cm³/mol. The minimum absolute atomic E-state index is 0.0649. The van der Waals surface area contributed by atoms with Gasteiger partial charge in [0.1, 0.15) is 0 Å². The van der Waals surface area contributed by atoms with E-state index < -0.39 is 0 Å². The van der Waals surface area contributed by atoms with Gasteiger partial charge in [0.2, 0.25) is 0 Å². The van der Waals surface area contributed by atoms with Gasteiger partial charge in [0, 0.05) is 37.6 Å². The number of carbonyl (C=O) groups is 1. The second-order valence-electron chi connectivity index (χ2n) is 7.54. The Morgan fingerprint density at radius 3 is 2.20 bits per heavy atom. The molecule has 4 rings (SSSR count). The van der Waals surface area contributed by atoms with Crippen LogP contribution in [0, 0.1) is 13.8 Å². The lowest BCUT2D eigenvalue weighted by molar-refractivity contribution is 0.208. The van der Waals surface area contributed by atoms with Crippen molar-refractivity contribution in [2.24, 2.45) is 0 Å². The van der Waals surface area contributed by atoms with Crippen LogP contribution in [-0.4, -0.2) is 57.1 Å². The number of anilines is 2. The van der Waals surface area contributed by atoms with Crippen LogP contribution in [0.3, 0.4) is 0 Å². The van der Waals surface area contributed by atoms with Crippen molar-refractivity contribution in [3.05, 3.63) is 59.4 Å². The van der Waals surface area contributed by atoms with Gasteiger partial charge < -0.3 is 15.1 Å². The number of urea groups is 1. The molecule has 156 valence electrons. The van der Waals surface area contributed by atoms with Crippen molar-refractivity contribution in [1.82, 2.24) is 24.9 Å². The summed E-state index contributed by atoms with van der Waals surface area (Å²) < 4.78 is 1.79. The number of benzene rings is 1. The topological polar surface area (TPSA) is 79.2 Å². The highest BCUT2D eigenvalue weighted by molar-refractivity contribution is 5.89. The lowest BCUT2D eigenvalue weighted by Gasteiger charge is -2.35. The van der Waals surface area contributed by atoms with Gasteiger partial charge in [-0.2, -0.15) is 5.10 Å². The van der Waals surface area contributed by atoms with Crippen LogP contribution in [0.1, 0.15) is 23.9 Å². The first-order chi connectivity index (χ1) is 14.5. The van der Waals surface area contributed by atoms with Crippen molar-refractivity contribution in [3.63, 3.8) is 0 Å². The van der Waals surface area contributed by atoms with Gasteiger partial charge in [0.15, 0.2) is 11.6 Å². The van der Waals surface area contributed by atoms with E-state index in [-0.39, 0.29) is 6.03 Å². The maximum absolute atomic E-state index is 12.6. The molecule has 8 heteroatoms. The van der Waals surface area contributed by atoms with Crippen LogP contribution in [-0.2, 0) is 6.42 Å². The molecule has 2 amide bonds. The third kappa shape index (κ3) is 4.27. The van der Waals surface area contributed by atoms with Crippen molar-refractivity contribution in [3.8, 4) is 5.82 Å². The van der Waals surface area contributed by atoms with Crippen molar-refractivity contribution in [2.45, 2.75) is 27.2 Å². The van der Waals surface area contributed by atoms with Crippen molar-refractivity contribution in [2.75, 3.05) is 36.4 Å². The van der Waals surface area contributed by atoms with Gasteiger partial charge in [0.25, 0.3) is 0 Å². The molecule has 0 atom stereocenters. The third-order valence-corrected chi connectivity index (χ3v) is 5.37. The quantitative estimate of drug-likeness (QED) is 0.721. The summed E-state index contributed by atoms with van der Waals surface area (Å²) in [5.41, 5.74) is 4.06. The van der Waals surface area contributed by atoms with Crippen LogP contribution >= 0.6 is 0 Å². The van der Waals surface area contributed by atoms with Gasteiger partial charge in [-0.05, 0) is 56.2 Å². The predicted octanol–water partition coefficient (Wildman–Crippen LogP) is 3.20. The number of aromatic nitrogens is 4. The van der Waals surface area contributed by atoms with Crippen molar-refractivity contribution >= 4 is 17.5 Å². The molecule has 2 aromatic heterocycles. The first-order valence-electron chi connectivity index (χ1n) is 10.3. The molecule has 1 aliphatic rings. The summed E-state index contributed by atoms with van der Waals surface area (Å²) >= 11 is 0. The van der Waals surface area contributed by atoms with E-state index in [1.165, 1.54) is 5.56 Å². The molecule has 1 N–H and O–H groups in total. The second kappa shape index (κ2) is 8.52. The Balaban J connectivity index is 1.33. The molecule has 1 fully saturated rings. The highest BCUT2D eigenvalue weighted by Gasteiger charge is 2.22. The summed E-state index contributed by atoms with van der Waals surface area (Å²) in [5, 5.41) is 16.1. The van der Waals surface area contributed by atoms with Gasteiger partial charge in [0.05, 0.1) is 5.69 Å². The fourth-order valence-electron chi connectivity index (χ4n) is 3.63. The Kier molecular flexibility index (Phi) is 5.65. The molecule has 0 unspecified atom stereocenters. The standard InChI is InChI=1S/C22H27N7O/c1-4-18-5-7-19(8-6-18)23-22(30)28-13-11-27(12-14-28)20-9-10-21(25-24-20)29-17(3)15-16(2)26-29/h5-10,15H,4,11-14H2,1-3H3,(H,23,30). The van der Waals surface area contributed by atoms with E-state index in [2.05, 4.69) is 32.4 Å². The molecule has 1 aliphatic heterocycles. The zero-order valence-corrected chi connectivity index (χ0v) is 17.7. The Morgan fingerprint density at radius 1 is 0.967 bits per heavy atom. The van der Waals surface area contributed by atoms with E-state index in [4.69, 9.17) is 0 Å². The highest BCUT2D eigenvalue weighted by Crippen LogP contribution is 2.17.